The summed E-state index contributed by atoms with van der Waals surface area (Å²) in [6.07, 6.45) is 16.5. The van der Waals surface area contributed by atoms with Gasteiger partial charge in [0.1, 0.15) is 11.5 Å². The van der Waals surface area contributed by atoms with Crippen LogP contribution in [0.2, 0.25) is 0 Å². The van der Waals surface area contributed by atoms with Gasteiger partial charge in [-0.05, 0) is 50.2 Å². The summed E-state index contributed by atoms with van der Waals surface area (Å²) in [5, 5.41) is 13.5. The van der Waals surface area contributed by atoms with Gasteiger partial charge in [-0.15, -0.1) is 0 Å². The number of nitrogens with one attached hydrogen (secondary N) is 1. The molecule has 170 valence electrons. The van der Waals surface area contributed by atoms with E-state index in [0.29, 0.717) is 11.8 Å². The molecule has 1 saturated carbocycles. The van der Waals surface area contributed by atoms with E-state index in [1.165, 1.54) is 51.4 Å². The molecule has 2 N–H and O–H groups in total. The highest BCUT2D eigenvalue weighted by Gasteiger charge is 2.28. The van der Waals surface area contributed by atoms with Crippen molar-refractivity contribution in [1.29, 1.82) is 0 Å². The van der Waals surface area contributed by atoms with Gasteiger partial charge in [-0.25, -0.2) is 0 Å². The predicted molar refractivity (Wildman–Crippen MR) is 124 cm³/mol. The summed E-state index contributed by atoms with van der Waals surface area (Å²) in [5.41, 5.74) is 0.963. The van der Waals surface area contributed by atoms with Crippen LogP contribution < -0.4 is 10.1 Å². The third-order valence-electron chi connectivity index (χ3n) is 5.92. The molecule has 1 aliphatic carbocycles. The fourth-order valence-corrected chi connectivity index (χ4v) is 3.79. The Balaban J connectivity index is 1.84. The second-order valence-electron chi connectivity index (χ2n) is 8.90. The van der Waals surface area contributed by atoms with E-state index >= 15 is 0 Å². The number of phenolic OH excluding ortho intramolecular Hbond substituents is 1. The molecule has 1 unspecified atom stereocenters. The van der Waals surface area contributed by atoms with Gasteiger partial charge in [0.25, 0.3) is 5.91 Å². The van der Waals surface area contributed by atoms with Crippen LogP contribution in [-0.4, -0.2) is 23.2 Å². The van der Waals surface area contributed by atoms with Crippen molar-refractivity contribution in [1.82, 2.24) is 5.32 Å². The van der Waals surface area contributed by atoms with Gasteiger partial charge in [0, 0.05) is 12.1 Å². The Kier molecular flexibility index (Phi) is 11.7. The fraction of sp³-hybridized carbons (Fsp3) is 0.731. The highest BCUT2D eigenvalue weighted by atomic mass is 16.5. The van der Waals surface area contributed by atoms with E-state index in [1.807, 2.05) is 12.1 Å². The molecule has 4 heteroatoms. The number of carbonyl (C=O) groups excluding carboxylic acids is 1. The minimum Gasteiger partial charge on any atom is -0.508 e. The maximum Gasteiger partial charge on any atom is 0.261 e. The van der Waals surface area contributed by atoms with E-state index in [9.17, 15) is 9.90 Å². The van der Waals surface area contributed by atoms with E-state index in [2.05, 4.69) is 19.2 Å². The van der Waals surface area contributed by atoms with Gasteiger partial charge < -0.3 is 15.2 Å². The number of aryl methyl sites for hydroxylation is 1. The Morgan fingerprint density at radius 1 is 1.00 bits per heavy atom. The second kappa shape index (κ2) is 14.3. The fourth-order valence-electron chi connectivity index (χ4n) is 3.79. The minimum absolute atomic E-state index is 0.00776. The van der Waals surface area contributed by atoms with Gasteiger partial charge in [0.05, 0.1) is 0 Å². The number of unbranched alkanes of at least 4 members (excludes halogenated alkanes) is 9. The largest absolute Gasteiger partial charge is 0.508 e. The molecule has 30 heavy (non-hydrogen) atoms. The topological polar surface area (TPSA) is 58.6 Å². The second-order valence-corrected chi connectivity index (χ2v) is 8.90. The maximum absolute atomic E-state index is 12.7. The van der Waals surface area contributed by atoms with Gasteiger partial charge in [-0.3, -0.25) is 4.79 Å². The Hall–Kier alpha value is -1.71. The monoisotopic (exact) mass is 417 g/mol. The third kappa shape index (κ3) is 9.86. The number of amides is 1. The Bertz CT molecular complexity index is 612. The molecule has 1 amide bonds. The molecule has 1 atom stereocenters. The number of hydrogen-bond acceptors (Lipinski definition) is 3. The highest BCUT2D eigenvalue weighted by Crippen LogP contribution is 2.27. The molecule has 1 aromatic carbocycles. The summed E-state index contributed by atoms with van der Waals surface area (Å²) < 4.78 is 6.06. The molecule has 0 radical (unpaired) electrons. The number of ether oxygens (including phenoxy) is 1. The molecule has 4 nitrogen and oxygen atoms in total. The Labute approximate surface area is 183 Å². The molecule has 0 bridgehead atoms. The number of carbonyl (C=O) groups is 1. The summed E-state index contributed by atoms with van der Waals surface area (Å²) in [4.78, 5) is 12.7. The maximum atomic E-state index is 12.7. The number of benzene rings is 1. The molecular weight excluding hydrogens is 374 g/mol. The van der Waals surface area contributed by atoms with Crippen molar-refractivity contribution in [3.05, 3.63) is 23.8 Å². The summed E-state index contributed by atoms with van der Waals surface area (Å²) in [6, 6.07) is 5.85. The number of hydrogen-bond donors (Lipinski definition) is 2. The quantitative estimate of drug-likeness (QED) is 0.278. The average Bonchev–Trinajstić information content (AvgIpc) is 3.55. The molecule has 1 fully saturated rings. The normalized spacial score (nSPS) is 14.5. The lowest BCUT2D eigenvalue weighted by molar-refractivity contribution is -0.128. The molecular formula is C26H43NO3. The van der Waals surface area contributed by atoms with Gasteiger partial charge >= 0.3 is 0 Å². The predicted octanol–water partition coefficient (Wildman–Crippen LogP) is 6.68. The summed E-state index contributed by atoms with van der Waals surface area (Å²) in [6.45, 7) is 4.43. The Morgan fingerprint density at radius 3 is 2.27 bits per heavy atom. The first-order valence-electron chi connectivity index (χ1n) is 12.4. The summed E-state index contributed by atoms with van der Waals surface area (Å²) in [7, 11) is 0. The van der Waals surface area contributed by atoms with Crippen molar-refractivity contribution >= 4 is 5.91 Å². The molecule has 0 spiro atoms. The van der Waals surface area contributed by atoms with Crippen LogP contribution in [0.5, 0.6) is 11.5 Å². The van der Waals surface area contributed by atoms with Crippen LogP contribution in [0, 0.1) is 0 Å². The zero-order valence-corrected chi connectivity index (χ0v) is 19.3. The van der Waals surface area contributed by atoms with E-state index in [1.54, 1.807) is 6.07 Å². The Morgan fingerprint density at radius 2 is 1.63 bits per heavy atom. The zero-order chi connectivity index (χ0) is 21.6. The first-order chi connectivity index (χ1) is 14.6. The van der Waals surface area contributed by atoms with E-state index < -0.39 is 6.10 Å². The van der Waals surface area contributed by atoms with Gasteiger partial charge in [0.15, 0.2) is 6.10 Å². The average molecular weight is 418 g/mol. The SMILES string of the molecule is CCCCCCCCCC(Oc1ccc(CCCCCC)c(O)c1)C(=O)NC1CC1. The van der Waals surface area contributed by atoms with Crippen LogP contribution in [0.4, 0.5) is 0 Å². The number of rotatable bonds is 17. The third-order valence-corrected chi connectivity index (χ3v) is 5.92. The lowest BCUT2D eigenvalue weighted by Crippen LogP contribution is -2.39. The summed E-state index contributed by atoms with van der Waals surface area (Å²) in [5.74, 6) is 0.858. The smallest absolute Gasteiger partial charge is 0.261 e. The summed E-state index contributed by atoms with van der Waals surface area (Å²) >= 11 is 0. The van der Waals surface area contributed by atoms with Crippen LogP contribution in [0.1, 0.15) is 109 Å². The molecule has 2 rings (SSSR count). The minimum atomic E-state index is -0.476. The number of aromatic hydroxyl groups is 1. The number of phenols is 1. The van der Waals surface area contributed by atoms with Crippen molar-refractivity contribution in [2.45, 2.75) is 122 Å². The van der Waals surface area contributed by atoms with E-state index in [0.717, 1.165) is 50.5 Å². The molecule has 0 heterocycles. The van der Waals surface area contributed by atoms with Crippen molar-refractivity contribution in [2.24, 2.45) is 0 Å². The molecule has 0 aromatic heterocycles. The van der Waals surface area contributed by atoms with Crippen LogP contribution in [-0.2, 0) is 11.2 Å². The standard InChI is InChI=1S/C26H43NO3/c1-3-5-7-9-10-11-13-15-25(26(29)27-22-17-18-22)30-23-19-16-21(24(28)20-23)14-12-8-6-4-2/h16,19-20,22,25,28H,3-15,17-18H2,1-2H3,(H,27,29). The molecule has 1 aromatic rings. The van der Waals surface area contributed by atoms with Gasteiger partial charge in [-0.1, -0.05) is 77.7 Å². The molecule has 0 saturated heterocycles. The van der Waals surface area contributed by atoms with Crippen molar-refractivity contribution in [2.75, 3.05) is 0 Å². The van der Waals surface area contributed by atoms with E-state index in [-0.39, 0.29) is 11.7 Å². The molecule has 1 aliphatic rings. The zero-order valence-electron chi connectivity index (χ0n) is 19.3. The van der Waals surface area contributed by atoms with Gasteiger partial charge in [-0.2, -0.15) is 0 Å². The van der Waals surface area contributed by atoms with Gasteiger partial charge in [0.2, 0.25) is 0 Å². The van der Waals surface area contributed by atoms with Crippen molar-refractivity contribution in [3.63, 3.8) is 0 Å². The lowest BCUT2D eigenvalue weighted by Gasteiger charge is -2.19. The highest BCUT2D eigenvalue weighted by molar-refractivity contribution is 5.81. The van der Waals surface area contributed by atoms with Crippen LogP contribution in [0.25, 0.3) is 0 Å². The lowest BCUT2D eigenvalue weighted by atomic mass is 10.0. The molecule has 0 aliphatic heterocycles. The van der Waals surface area contributed by atoms with Crippen LogP contribution in [0.3, 0.4) is 0 Å². The van der Waals surface area contributed by atoms with E-state index in [4.69, 9.17) is 4.74 Å². The first-order valence-corrected chi connectivity index (χ1v) is 12.4. The van der Waals surface area contributed by atoms with Crippen LogP contribution >= 0.6 is 0 Å². The van der Waals surface area contributed by atoms with Crippen LogP contribution in [0.15, 0.2) is 18.2 Å². The first kappa shape index (κ1) is 24.6. The van der Waals surface area contributed by atoms with Crippen molar-refractivity contribution < 1.29 is 14.6 Å². The van der Waals surface area contributed by atoms with Crippen molar-refractivity contribution in [3.8, 4) is 11.5 Å².